The van der Waals surface area contributed by atoms with Crippen LogP contribution in [0.15, 0.2) is 83.8 Å². The Kier molecular flexibility index (Phi) is 16.8. The number of aromatic hydroxyl groups is 2. The van der Waals surface area contributed by atoms with Crippen LogP contribution in [0.2, 0.25) is 0 Å². The molecule has 4 aromatic carbocycles. The Balaban J connectivity index is 0.923. The standard InChI is InChI=1S/C56H70N8O7/c1-34-23-43(65)24-35(2)45(34)29-50(61(5)6)55(70)63-32-40-17-11-9-15-38(40)27-48(63)53(68)57-21-13-19-42-31-59-47(52(67)60-42)20-14-22-58-54(69)49-28-39-16-10-12-18-41(39)33-64(49)56(71)51(62(7)8)30-46-36(3)25-44(66)26-37(46)4/h9-12,15-18,23-26,31,48-51,65-66H,13-14,19-22,27-30,32-33H2,1-8H3,(H,57,68)(H,58,69)(H,60,67). The molecule has 15 heteroatoms. The molecular formula is C56H70N8O7. The van der Waals surface area contributed by atoms with Crippen LogP contribution in [-0.4, -0.2) is 129 Å². The summed E-state index contributed by atoms with van der Waals surface area (Å²) in [5.74, 6) is -0.413. The average Bonchev–Trinajstić information content (AvgIpc) is 3.32. The molecule has 2 aliphatic heterocycles. The summed E-state index contributed by atoms with van der Waals surface area (Å²) in [7, 11) is 7.47. The molecule has 4 amide bonds. The Morgan fingerprint density at radius 2 is 1.04 bits per heavy atom. The molecule has 0 fully saturated rings. The van der Waals surface area contributed by atoms with E-state index in [1.165, 1.54) is 0 Å². The smallest absolute Gasteiger partial charge is 0.269 e. The largest absolute Gasteiger partial charge is 0.508 e. The lowest BCUT2D eigenvalue weighted by molar-refractivity contribution is -0.145. The number of rotatable bonds is 18. The Hall–Kier alpha value is -6.84. The van der Waals surface area contributed by atoms with Crippen molar-refractivity contribution < 1.29 is 29.4 Å². The zero-order valence-electron chi connectivity index (χ0n) is 42.5. The van der Waals surface area contributed by atoms with Gasteiger partial charge in [0, 0.05) is 50.9 Å². The van der Waals surface area contributed by atoms with Crippen LogP contribution in [0.5, 0.6) is 11.5 Å². The Labute approximate surface area is 417 Å². The Morgan fingerprint density at radius 3 is 1.44 bits per heavy atom. The molecule has 0 saturated heterocycles. The minimum absolute atomic E-state index is 0.140. The number of hydrogen-bond acceptors (Lipinski definition) is 10. The van der Waals surface area contributed by atoms with Crippen molar-refractivity contribution in [3.8, 4) is 11.5 Å². The number of amides is 4. The number of likely N-dealkylation sites (N-methyl/N-ethyl adjacent to an activating group) is 2. The van der Waals surface area contributed by atoms with Crippen LogP contribution in [-0.2, 0) is 70.8 Å². The highest BCUT2D eigenvalue weighted by atomic mass is 16.3. The first-order valence-corrected chi connectivity index (χ1v) is 24.7. The van der Waals surface area contributed by atoms with E-state index in [1.807, 2.05) is 114 Å². The molecule has 7 rings (SSSR count). The van der Waals surface area contributed by atoms with E-state index in [4.69, 9.17) is 0 Å². The molecular weight excluding hydrogens is 897 g/mol. The summed E-state index contributed by atoms with van der Waals surface area (Å²) in [5, 5.41) is 26.4. The predicted molar refractivity (Wildman–Crippen MR) is 274 cm³/mol. The predicted octanol–water partition coefficient (Wildman–Crippen LogP) is 4.77. The third kappa shape index (κ3) is 12.4. The monoisotopic (exact) mass is 967 g/mol. The van der Waals surface area contributed by atoms with Gasteiger partial charge >= 0.3 is 0 Å². The third-order valence-electron chi connectivity index (χ3n) is 14.4. The van der Waals surface area contributed by atoms with Gasteiger partial charge in [-0.05, 0) is 174 Å². The fourth-order valence-corrected chi connectivity index (χ4v) is 10.3. The molecule has 0 saturated carbocycles. The quantitative estimate of drug-likeness (QED) is 0.0766. The topological polar surface area (TPSA) is 192 Å². The van der Waals surface area contributed by atoms with Crippen LogP contribution >= 0.6 is 0 Å². The van der Waals surface area contributed by atoms with Crippen molar-refractivity contribution in [2.75, 3.05) is 41.3 Å². The van der Waals surface area contributed by atoms with Crippen LogP contribution in [0.3, 0.4) is 0 Å². The molecule has 4 unspecified atom stereocenters. The maximum atomic E-state index is 14.5. The zero-order chi connectivity index (χ0) is 51.1. The number of fused-ring (bicyclic) bond motifs is 2. The number of H-pyrrole nitrogens is 1. The molecule has 15 nitrogen and oxygen atoms in total. The van der Waals surface area contributed by atoms with Gasteiger partial charge in [-0.15, -0.1) is 0 Å². The lowest BCUT2D eigenvalue weighted by Gasteiger charge is -2.39. The van der Waals surface area contributed by atoms with Gasteiger partial charge in [0.25, 0.3) is 5.56 Å². The second kappa shape index (κ2) is 22.9. The van der Waals surface area contributed by atoms with Crippen LogP contribution in [0.4, 0.5) is 0 Å². The normalized spacial score (nSPS) is 16.3. The minimum atomic E-state index is -0.722. The van der Waals surface area contributed by atoms with Crippen LogP contribution in [0.25, 0.3) is 0 Å². The van der Waals surface area contributed by atoms with Crippen LogP contribution in [0.1, 0.15) is 79.9 Å². The number of aromatic nitrogens is 2. The molecule has 1 aromatic heterocycles. The van der Waals surface area contributed by atoms with Gasteiger partial charge in [0.1, 0.15) is 29.3 Å². The van der Waals surface area contributed by atoms with Crippen molar-refractivity contribution >= 4 is 23.6 Å². The van der Waals surface area contributed by atoms with Crippen LogP contribution in [0, 0.1) is 27.7 Å². The number of aromatic amines is 1. The first-order valence-electron chi connectivity index (χ1n) is 24.7. The SMILES string of the molecule is Cc1cc(O)cc(C)c1CC(C(=O)N1Cc2ccccc2CC1C(=O)NCCCc1cnc(CCCNC(=O)C2Cc3ccccc3CN2C(=O)C(Cc2c(C)cc(O)cc2C)N(C)C)c(=O)[nH]1)N(C)C. The molecule has 5 aromatic rings. The molecule has 376 valence electrons. The van der Waals surface area contributed by atoms with E-state index >= 15 is 0 Å². The van der Waals surface area contributed by atoms with Crippen molar-refractivity contribution in [1.29, 1.82) is 0 Å². The summed E-state index contributed by atoms with van der Waals surface area (Å²) in [6.45, 7) is 8.95. The van der Waals surface area contributed by atoms with E-state index in [0.717, 1.165) is 55.6 Å². The summed E-state index contributed by atoms with van der Waals surface area (Å²) in [5.41, 5.74) is 10.3. The van der Waals surface area contributed by atoms with Gasteiger partial charge in [-0.1, -0.05) is 48.5 Å². The molecule has 0 bridgehead atoms. The van der Waals surface area contributed by atoms with Gasteiger partial charge in [-0.3, -0.25) is 38.8 Å². The zero-order valence-corrected chi connectivity index (χ0v) is 42.5. The van der Waals surface area contributed by atoms with Crippen molar-refractivity contribution in [2.24, 2.45) is 0 Å². The third-order valence-corrected chi connectivity index (χ3v) is 14.4. The molecule has 0 aliphatic carbocycles. The summed E-state index contributed by atoms with van der Waals surface area (Å²) in [6.07, 6.45) is 5.05. The maximum absolute atomic E-state index is 14.5. The number of carbonyl (C=O) groups is 4. The Morgan fingerprint density at radius 1 is 0.648 bits per heavy atom. The molecule has 71 heavy (non-hydrogen) atoms. The van der Waals surface area contributed by atoms with Crippen molar-refractivity contribution in [3.05, 3.63) is 156 Å². The molecule has 3 heterocycles. The molecule has 5 N–H and O–H groups in total. The average molecular weight is 967 g/mol. The highest BCUT2D eigenvalue weighted by molar-refractivity contribution is 5.92. The van der Waals surface area contributed by atoms with Crippen LogP contribution < -0.4 is 16.2 Å². The molecule has 0 radical (unpaired) electrons. The fraction of sp³-hybridized carbons (Fsp3) is 0.429. The van der Waals surface area contributed by atoms with E-state index < -0.39 is 24.2 Å². The van der Waals surface area contributed by atoms with Crippen molar-refractivity contribution in [2.45, 2.75) is 116 Å². The van der Waals surface area contributed by atoms with Gasteiger partial charge < -0.3 is 35.6 Å². The first-order chi connectivity index (χ1) is 33.9. The number of benzene rings is 4. The number of carbonyl (C=O) groups excluding carboxylic acids is 4. The van der Waals surface area contributed by atoms with Crippen molar-refractivity contribution in [3.63, 3.8) is 0 Å². The Bertz CT molecular complexity index is 2780. The van der Waals surface area contributed by atoms with Gasteiger partial charge in [0.05, 0.1) is 12.1 Å². The molecule has 0 spiro atoms. The summed E-state index contributed by atoms with van der Waals surface area (Å²) < 4.78 is 0. The number of aryl methyl sites for hydroxylation is 6. The number of phenols is 2. The van der Waals surface area contributed by atoms with E-state index in [-0.39, 0.29) is 47.2 Å². The number of nitrogens with one attached hydrogen (secondary N) is 3. The van der Waals surface area contributed by atoms with Gasteiger partial charge in [-0.25, -0.2) is 0 Å². The van der Waals surface area contributed by atoms with E-state index in [1.54, 1.807) is 40.3 Å². The summed E-state index contributed by atoms with van der Waals surface area (Å²) in [4.78, 5) is 84.6. The number of nitrogens with zero attached hydrogens (tertiary/aromatic N) is 5. The van der Waals surface area contributed by atoms with Gasteiger partial charge in [0.2, 0.25) is 23.6 Å². The lowest BCUT2D eigenvalue weighted by Crippen LogP contribution is -2.57. The second-order valence-electron chi connectivity index (χ2n) is 19.9. The first kappa shape index (κ1) is 52.0. The van der Waals surface area contributed by atoms with E-state index in [9.17, 15) is 34.2 Å². The van der Waals surface area contributed by atoms with Gasteiger partial charge in [0.15, 0.2) is 0 Å². The second-order valence-corrected chi connectivity index (χ2v) is 19.9. The number of phenolic OH excluding ortho intramolecular Hbond substituents is 2. The highest BCUT2D eigenvalue weighted by Crippen LogP contribution is 2.30. The highest BCUT2D eigenvalue weighted by Gasteiger charge is 2.40. The molecule has 4 atom stereocenters. The number of hydrogen-bond donors (Lipinski definition) is 5. The fourth-order valence-electron chi connectivity index (χ4n) is 10.3. The van der Waals surface area contributed by atoms with Crippen molar-refractivity contribution in [1.82, 2.24) is 40.2 Å². The maximum Gasteiger partial charge on any atom is 0.269 e. The minimum Gasteiger partial charge on any atom is -0.508 e. The lowest BCUT2D eigenvalue weighted by atomic mass is 9.91. The molecule has 2 aliphatic rings. The van der Waals surface area contributed by atoms with Gasteiger partial charge in [-0.2, -0.15) is 0 Å². The van der Waals surface area contributed by atoms with E-state index in [2.05, 4.69) is 20.6 Å². The van der Waals surface area contributed by atoms with E-state index in [0.29, 0.717) is 82.4 Å². The summed E-state index contributed by atoms with van der Waals surface area (Å²) >= 11 is 0. The summed E-state index contributed by atoms with van der Waals surface area (Å²) in [6, 6.07) is 20.1.